The maximum Gasteiger partial charge on any atom is 0.259 e. The summed E-state index contributed by atoms with van der Waals surface area (Å²) in [6.45, 7) is 2.12. The second-order valence-electron chi connectivity index (χ2n) is 17.6. The number of aromatic nitrogens is 3. The fourth-order valence-corrected chi connectivity index (χ4v) is 10.7. The largest absolute Gasteiger partial charge is 0.497 e. The van der Waals surface area contributed by atoms with Crippen LogP contribution in [0.2, 0.25) is 0 Å². The third-order valence-corrected chi connectivity index (χ3v) is 15.0. The lowest BCUT2D eigenvalue weighted by atomic mass is 9.94. The van der Waals surface area contributed by atoms with Gasteiger partial charge in [-0.25, -0.2) is 18.4 Å². The van der Waals surface area contributed by atoms with Crippen LogP contribution in [-0.2, 0) is 29.2 Å². The summed E-state index contributed by atoms with van der Waals surface area (Å²) in [5, 5.41) is 3.04. The number of sulfonamides is 1. The Morgan fingerprint density at radius 2 is 1.78 bits per heavy atom. The van der Waals surface area contributed by atoms with E-state index in [2.05, 4.69) is 24.9 Å². The predicted molar refractivity (Wildman–Crippen MR) is 238 cm³/mol. The first kappa shape index (κ1) is 43.2. The highest BCUT2D eigenvalue weighted by atomic mass is 32.2. The summed E-state index contributed by atoms with van der Waals surface area (Å²) >= 11 is 0. The highest BCUT2D eigenvalue weighted by Crippen LogP contribution is 2.46. The second-order valence-corrected chi connectivity index (χ2v) is 19.5. The number of methoxy groups -OCH3 is 1. The molecule has 2 aromatic heterocycles. The van der Waals surface area contributed by atoms with Crippen LogP contribution < -0.4 is 24.4 Å². The quantitative estimate of drug-likeness (QED) is 0.214. The molecule has 2 aromatic carbocycles. The number of fused-ring (bicyclic) bond motifs is 3. The van der Waals surface area contributed by atoms with Gasteiger partial charge in [-0.2, -0.15) is 0 Å². The molecule has 0 spiro atoms. The molecule has 0 radical (unpaired) electrons. The van der Waals surface area contributed by atoms with Gasteiger partial charge in [-0.05, 0) is 50.7 Å². The lowest BCUT2D eigenvalue weighted by Crippen LogP contribution is -2.57. The summed E-state index contributed by atoms with van der Waals surface area (Å²) in [6, 6.07) is 16.0. The van der Waals surface area contributed by atoms with E-state index in [0.29, 0.717) is 86.4 Å². The number of benzene rings is 2. The Labute approximate surface area is 372 Å². The van der Waals surface area contributed by atoms with Gasteiger partial charge in [-0.3, -0.25) is 28.9 Å². The van der Waals surface area contributed by atoms with Crippen molar-refractivity contribution in [3.63, 3.8) is 0 Å². The number of anilines is 1. The van der Waals surface area contributed by atoms with Crippen molar-refractivity contribution in [2.75, 3.05) is 44.7 Å². The average molecular weight is 891 g/mol. The van der Waals surface area contributed by atoms with E-state index in [0.717, 1.165) is 24.2 Å². The molecule has 3 aliphatic heterocycles. The molecule has 16 nitrogen and oxygen atoms in total. The Kier molecular flexibility index (Phi) is 12.3. The lowest BCUT2D eigenvalue weighted by molar-refractivity contribution is -0.145. The average Bonchev–Trinajstić information content (AvgIpc) is 4.25. The van der Waals surface area contributed by atoms with Crippen LogP contribution in [0.1, 0.15) is 64.2 Å². The first-order valence-corrected chi connectivity index (χ1v) is 23.9. The molecule has 2 saturated heterocycles. The number of amides is 4. The van der Waals surface area contributed by atoms with E-state index < -0.39 is 56.6 Å². The minimum absolute atomic E-state index is 0.0229. The van der Waals surface area contributed by atoms with E-state index in [-0.39, 0.29) is 37.6 Å². The van der Waals surface area contributed by atoms with Crippen molar-refractivity contribution < 1.29 is 37.1 Å². The number of hydrogen-bond donors (Lipinski definition) is 2. The van der Waals surface area contributed by atoms with Crippen LogP contribution in [0.5, 0.6) is 11.5 Å². The van der Waals surface area contributed by atoms with Gasteiger partial charge in [0.25, 0.3) is 5.91 Å². The second kappa shape index (κ2) is 18.2. The number of pyridine rings is 1. The standard InChI is InChI=1S/C47H54N8O8S/c1-62-34-14-17-37-39(25-34)50-38(31-10-7-5-8-11-31)27-41(37)63-35-26-40-44(57)51-47(46(59)52-64(60,61)36-15-16-36)28-33(47)13-9-4-2-3-6-12-32(45(58)55(40)30-35)24-43(56)54-22-20-53(21-23-54)42-29-48-18-19-49-42/h5,7-11,13-14,17-19,25,27,29,32-33,35-36,40H,2-4,6,12,15-16,20-24,26,28,30H2,1H3,(H,51,57)(H,52,59)/b13-9-/t32-,33-,35-,40+,47-/m1/s1. The topological polar surface area (TPSA) is 193 Å². The van der Waals surface area contributed by atoms with Gasteiger partial charge in [-0.1, -0.05) is 55.3 Å². The summed E-state index contributed by atoms with van der Waals surface area (Å²) in [5.41, 5.74) is 0.664. The third kappa shape index (κ3) is 9.26. The molecule has 2 N–H and O–H groups in total. The summed E-state index contributed by atoms with van der Waals surface area (Å²) in [6.07, 6.45) is 12.9. The van der Waals surface area contributed by atoms with Gasteiger partial charge in [0.05, 0.1) is 36.3 Å². The Bertz CT molecular complexity index is 2530. The molecule has 4 fully saturated rings. The summed E-state index contributed by atoms with van der Waals surface area (Å²) < 4.78 is 40.6. The zero-order chi connectivity index (χ0) is 44.4. The van der Waals surface area contributed by atoms with Gasteiger partial charge in [0.15, 0.2) is 0 Å². The predicted octanol–water partition coefficient (Wildman–Crippen LogP) is 4.41. The molecule has 9 rings (SSSR count). The normalized spacial score (nSPS) is 25.9. The number of hydrogen-bond acceptors (Lipinski definition) is 12. The molecule has 5 heterocycles. The Balaban J connectivity index is 1.01. The monoisotopic (exact) mass is 890 g/mol. The van der Waals surface area contributed by atoms with Crippen LogP contribution in [0.4, 0.5) is 5.82 Å². The molecule has 64 heavy (non-hydrogen) atoms. The number of nitrogens with zero attached hydrogens (tertiary/aromatic N) is 6. The van der Waals surface area contributed by atoms with E-state index in [1.807, 2.05) is 66.7 Å². The van der Waals surface area contributed by atoms with Gasteiger partial charge in [0.2, 0.25) is 27.7 Å². The van der Waals surface area contributed by atoms with Crippen LogP contribution in [0.25, 0.3) is 22.2 Å². The van der Waals surface area contributed by atoms with Crippen LogP contribution in [-0.4, -0.2) is 120 Å². The molecular formula is C47H54N8O8S. The number of carbonyl (C=O) groups excluding carboxylic acids is 4. The van der Waals surface area contributed by atoms with Crippen LogP contribution in [0.3, 0.4) is 0 Å². The molecule has 17 heteroatoms. The number of rotatable bonds is 10. The summed E-state index contributed by atoms with van der Waals surface area (Å²) in [4.78, 5) is 76.7. The Hall–Kier alpha value is -6.10. The smallest absolute Gasteiger partial charge is 0.259 e. The maximum absolute atomic E-state index is 15.1. The van der Waals surface area contributed by atoms with Crippen molar-refractivity contribution in [1.29, 1.82) is 0 Å². The molecule has 5 aliphatic rings. The van der Waals surface area contributed by atoms with Gasteiger partial charge in [-0.15, -0.1) is 0 Å². The van der Waals surface area contributed by atoms with Crippen molar-refractivity contribution >= 4 is 50.4 Å². The molecule has 0 unspecified atom stereocenters. The van der Waals surface area contributed by atoms with Gasteiger partial charge in [0, 0.05) is 86.3 Å². The number of allylic oxidation sites excluding steroid dienone is 1. The fourth-order valence-electron chi connectivity index (χ4n) is 9.30. The Morgan fingerprint density at radius 1 is 0.969 bits per heavy atom. The van der Waals surface area contributed by atoms with Crippen molar-refractivity contribution in [3.05, 3.63) is 85.3 Å². The minimum atomic E-state index is -3.91. The lowest BCUT2D eigenvalue weighted by Gasteiger charge is -2.36. The van der Waals surface area contributed by atoms with Crippen molar-refractivity contribution in [2.45, 2.75) is 87.1 Å². The summed E-state index contributed by atoms with van der Waals surface area (Å²) in [5.74, 6) is -1.09. The zero-order valence-electron chi connectivity index (χ0n) is 35.9. The number of nitrogens with one attached hydrogen (secondary N) is 2. The molecule has 4 amide bonds. The highest BCUT2D eigenvalue weighted by Gasteiger charge is 2.62. The third-order valence-electron chi connectivity index (χ3n) is 13.2. The zero-order valence-corrected chi connectivity index (χ0v) is 36.8. The summed E-state index contributed by atoms with van der Waals surface area (Å²) in [7, 11) is -2.32. The molecule has 336 valence electrons. The minimum Gasteiger partial charge on any atom is -0.497 e. The molecule has 4 aromatic rings. The Morgan fingerprint density at radius 3 is 2.53 bits per heavy atom. The molecule has 2 aliphatic carbocycles. The molecular weight excluding hydrogens is 837 g/mol. The molecule has 5 atom stereocenters. The van der Waals surface area contributed by atoms with E-state index in [4.69, 9.17) is 14.5 Å². The molecule has 0 bridgehead atoms. The first-order chi connectivity index (χ1) is 31.0. The van der Waals surface area contributed by atoms with E-state index in [1.54, 1.807) is 30.6 Å². The van der Waals surface area contributed by atoms with Crippen LogP contribution in [0.15, 0.2) is 85.3 Å². The maximum atomic E-state index is 15.1. The van der Waals surface area contributed by atoms with E-state index >= 15 is 4.79 Å². The van der Waals surface area contributed by atoms with Crippen molar-refractivity contribution in [1.82, 2.24) is 34.8 Å². The van der Waals surface area contributed by atoms with Crippen molar-refractivity contribution in [2.24, 2.45) is 11.8 Å². The number of ether oxygens (including phenoxy) is 2. The van der Waals surface area contributed by atoms with Crippen molar-refractivity contribution in [3.8, 4) is 22.8 Å². The van der Waals surface area contributed by atoms with E-state index in [1.165, 1.54) is 4.90 Å². The fraction of sp³-hybridized carbons (Fsp3) is 0.468. The van der Waals surface area contributed by atoms with E-state index in [9.17, 15) is 22.8 Å². The van der Waals surface area contributed by atoms with Crippen LogP contribution >= 0.6 is 0 Å². The van der Waals surface area contributed by atoms with Gasteiger partial charge in [0.1, 0.15) is 35.0 Å². The van der Waals surface area contributed by atoms with Crippen LogP contribution in [0, 0.1) is 11.8 Å². The number of carbonyl (C=O) groups is 4. The van der Waals surface area contributed by atoms with Gasteiger partial charge >= 0.3 is 0 Å². The SMILES string of the molecule is COc1ccc2c(O[C@@H]3C[C@H]4C(=O)N[C@]5(C(=O)NS(=O)(=O)C6CC6)C[C@H]5/C=C\CCCCC[C@H](CC(=O)N5CCN(c6cnccn6)CC5)C(=O)N4C3)cc(-c3ccccc3)nc2c1. The first-order valence-electron chi connectivity index (χ1n) is 22.4. The number of piperazine rings is 1. The molecule has 2 saturated carbocycles. The highest BCUT2D eigenvalue weighted by molar-refractivity contribution is 7.91. The van der Waals surface area contributed by atoms with Gasteiger partial charge < -0.3 is 29.5 Å².